The third-order valence-corrected chi connectivity index (χ3v) is 6.29. The number of rotatable bonds is 12. The highest BCUT2D eigenvalue weighted by molar-refractivity contribution is 9.10. The number of hydrogen-bond donors (Lipinski definition) is 1. The van der Waals surface area contributed by atoms with Crippen molar-refractivity contribution in [1.82, 2.24) is 10.2 Å². The summed E-state index contributed by atoms with van der Waals surface area (Å²) in [7, 11) is 0. The van der Waals surface area contributed by atoms with Crippen LogP contribution in [0.25, 0.3) is 0 Å². The Morgan fingerprint density at radius 2 is 1.74 bits per heavy atom. The van der Waals surface area contributed by atoms with Gasteiger partial charge in [-0.1, -0.05) is 89.4 Å². The van der Waals surface area contributed by atoms with Crippen LogP contribution in [0, 0.1) is 0 Å². The van der Waals surface area contributed by atoms with Gasteiger partial charge in [0, 0.05) is 29.0 Å². The normalized spacial score (nSPS) is 11.5. The van der Waals surface area contributed by atoms with Gasteiger partial charge < -0.3 is 15.0 Å². The zero-order valence-corrected chi connectivity index (χ0v) is 22.1. The second-order valence-electron chi connectivity index (χ2n) is 8.24. The van der Waals surface area contributed by atoms with Crippen molar-refractivity contribution >= 4 is 39.3 Å². The summed E-state index contributed by atoms with van der Waals surface area (Å²) in [5.74, 6) is 0.0523. The maximum atomic E-state index is 13.5. The van der Waals surface area contributed by atoms with Crippen LogP contribution in [0.2, 0.25) is 5.02 Å². The summed E-state index contributed by atoms with van der Waals surface area (Å²) in [6.45, 7) is 2.72. The number of carbonyl (C=O) groups excluding carboxylic acids is 2. The smallest absolute Gasteiger partial charge is 0.261 e. The molecular weight excluding hydrogens is 528 g/mol. The van der Waals surface area contributed by atoms with E-state index in [-0.39, 0.29) is 25.0 Å². The Hall–Kier alpha value is -2.83. The summed E-state index contributed by atoms with van der Waals surface area (Å²) in [5.41, 5.74) is 1.90. The molecule has 5 nitrogen and oxygen atoms in total. The van der Waals surface area contributed by atoms with Crippen molar-refractivity contribution in [2.24, 2.45) is 0 Å². The fourth-order valence-electron chi connectivity index (χ4n) is 3.63. The molecule has 35 heavy (non-hydrogen) atoms. The van der Waals surface area contributed by atoms with E-state index in [1.165, 1.54) is 0 Å². The van der Waals surface area contributed by atoms with E-state index in [4.69, 9.17) is 16.3 Å². The molecule has 0 spiro atoms. The van der Waals surface area contributed by atoms with Crippen molar-refractivity contribution in [1.29, 1.82) is 0 Å². The zero-order valence-electron chi connectivity index (χ0n) is 19.8. The average Bonchev–Trinajstić information content (AvgIpc) is 2.86. The van der Waals surface area contributed by atoms with E-state index in [0.717, 1.165) is 28.4 Å². The second kappa shape index (κ2) is 13.9. The first-order valence-electron chi connectivity index (χ1n) is 11.7. The molecule has 0 saturated heterocycles. The Bertz CT molecular complexity index is 1090. The average molecular weight is 558 g/mol. The van der Waals surface area contributed by atoms with Crippen LogP contribution in [0.1, 0.15) is 30.9 Å². The molecule has 0 radical (unpaired) electrons. The molecule has 7 heteroatoms. The molecule has 184 valence electrons. The number of amides is 2. The fourth-order valence-corrected chi connectivity index (χ4v) is 4.08. The highest BCUT2D eigenvalue weighted by atomic mass is 79.9. The van der Waals surface area contributed by atoms with Crippen molar-refractivity contribution in [3.05, 3.63) is 99.5 Å². The van der Waals surface area contributed by atoms with Crippen molar-refractivity contribution in [2.45, 2.75) is 38.8 Å². The summed E-state index contributed by atoms with van der Waals surface area (Å²) in [6, 6.07) is 23.7. The number of ether oxygens (including phenoxy) is 1. The molecule has 0 aliphatic heterocycles. The van der Waals surface area contributed by atoms with Crippen LogP contribution in [0.5, 0.6) is 5.75 Å². The molecular formula is C28H30BrClN2O3. The van der Waals surface area contributed by atoms with E-state index in [9.17, 15) is 9.59 Å². The first kappa shape index (κ1) is 26.8. The van der Waals surface area contributed by atoms with Gasteiger partial charge in [0.05, 0.1) is 0 Å². The van der Waals surface area contributed by atoms with Crippen molar-refractivity contribution < 1.29 is 14.3 Å². The molecule has 0 aliphatic carbocycles. The predicted octanol–water partition coefficient (Wildman–Crippen LogP) is 6.04. The molecule has 3 aromatic rings. The number of carbonyl (C=O) groups is 2. The maximum Gasteiger partial charge on any atom is 0.261 e. The maximum absolute atomic E-state index is 13.5. The second-order valence-corrected chi connectivity index (χ2v) is 9.60. The number of nitrogens with zero attached hydrogens (tertiary/aromatic N) is 1. The van der Waals surface area contributed by atoms with E-state index in [0.29, 0.717) is 23.7 Å². The molecule has 0 heterocycles. The lowest BCUT2D eigenvalue weighted by Crippen LogP contribution is -2.51. The summed E-state index contributed by atoms with van der Waals surface area (Å²) in [6.07, 6.45) is 2.25. The Kier molecular flexibility index (Phi) is 10.6. The third kappa shape index (κ3) is 8.71. The molecule has 2 amide bonds. The standard InChI is InChI=1S/C28H30BrClN2O3/c1-2-3-16-31-28(34)26(17-21-8-5-4-6-9-21)32(19-22-12-14-23(29)15-13-22)27(33)20-35-25-11-7-10-24(30)18-25/h4-15,18,26H,2-3,16-17,19-20H2,1H3,(H,31,34)/t26-/m1/s1. The van der Waals surface area contributed by atoms with Crippen LogP contribution in [-0.4, -0.2) is 35.9 Å². The Morgan fingerprint density at radius 1 is 1.00 bits per heavy atom. The molecule has 1 N–H and O–H groups in total. The van der Waals surface area contributed by atoms with Gasteiger partial charge in [-0.05, 0) is 47.9 Å². The van der Waals surface area contributed by atoms with E-state index >= 15 is 0 Å². The van der Waals surface area contributed by atoms with Crippen LogP contribution >= 0.6 is 27.5 Å². The molecule has 0 saturated carbocycles. The highest BCUT2D eigenvalue weighted by Crippen LogP contribution is 2.20. The Labute approximate surface area is 220 Å². The van der Waals surface area contributed by atoms with Crippen LogP contribution < -0.4 is 10.1 Å². The molecule has 0 aromatic heterocycles. The quantitative estimate of drug-likeness (QED) is 0.276. The largest absolute Gasteiger partial charge is 0.484 e. The van der Waals surface area contributed by atoms with Crippen molar-refractivity contribution in [2.75, 3.05) is 13.2 Å². The first-order valence-corrected chi connectivity index (χ1v) is 12.9. The Balaban J connectivity index is 1.87. The number of hydrogen-bond acceptors (Lipinski definition) is 3. The predicted molar refractivity (Wildman–Crippen MR) is 143 cm³/mol. The van der Waals surface area contributed by atoms with Crippen LogP contribution in [-0.2, 0) is 22.6 Å². The molecule has 3 aromatic carbocycles. The SMILES string of the molecule is CCCCNC(=O)[C@@H](Cc1ccccc1)N(Cc1ccc(Br)cc1)C(=O)COc1cccc(Cl)c1. The minimum absolute atomic E-state index is 0.171. The van der Waals surface area contributed by atoms with Gasteiger partial charge in [0.1, 0.15) is 11.8 Å². The Morgan fingerprint density at radius 3 is 2.43 bits per heavy atom. The number of benzene rings is 3. The minimum atomic E-state index is -0.687. The fraction of sp³-hybridized carbons (Fsp3) is 0.286. The van der Waals surface area contributed by atoms with Crippen LogP contribution in [0.15, 0.2) is 83.3 Å². The van der Waals surface area contributed by atoms with Gasteiger partial charge in [-0.3, -0.25) is 9.59 Å². The van der Waals surface area contributed by atoms with Gasteiger partial charge in [0.25, 0.3) is 5.91 Å². The lowest BCUT2D eigenvalue weighted by atomic mass is 10.0. The van der Waals surface area contributed by atoms with Crippen LogP contribution in [0.3, 0.4) is 0 Å². The molecule has 0 aliphatic rings. The van der Waals surface area contributed by atoms with E-state index in [2.05, 4.69) is 28.2 Å². The third-order valence-electron chi connectivity index (χ3n) is 5.53. The topological polar surface area (TPSA) is 58.6 Å². The monoisotopic (exact) mass is 556 g/mol. The molecule has 3 rings (SSSR count). The molecule has 1 atom stereocenters. The van der Waals surface area contributed by atoms with Gasteiger partial charge in [-0.2, -0.15) is 0 Å². The number of halogens is 2. The van der Waals surface area contributed by atoms with Gasteiger partial charge in [0.15, 0.2) is 6.61 Å². The highest BCUT2D eigenvalue weighted by Gasteiger charge is 2.30. The summed E-state index contributed by atoms with van der Waals surface area (Å²) in [4.78, 5) is 28.5. The van der Waals surface area contributed by atoms with Gasteiger partial charge in [-0.15, -0.1) is 0 Å². The van der Waals surface area contributed by atoms with Crippen LogP contribution in [0.4, 0.5) is 0 Å². The number of nitrogens with one attached hydrogen (secondary N) is 1. The summed E-state index contributed by atoms with van der Waals surface area (Å²) < 4.78 is 6.70. The molecule has 0 unspecified atom stereocenters. The lowest BCUT2D eigenvalue weighted by Gasteiger charge is -2.31. The van der Waals surface area contributed by atoms with Crippen molar-refractivity contribution in [3.63, 3.8) is 0 Å². The van der Waals surface area contributed by atoms with E-state index in [1.807, 2.05) is 54.6 Å². The van der Waals surface area contributed by atoms with E-state index in [1.54, 1.807) is 29.2 Å². The van der Waals surface area contributed by atoms with Gasteiger partial charge >= 0.3 is 0 Å². The van der Waals surface area contributed by atoms with E-state index < -0.39 is 6.04 Å². The first-order chi connectivity index (χ1) is 17.0. The van der Waals surface area contributed by atoms with Gasteiger partial charge in [0.2, 0.25) is 5.91 Å². The minimum Gasteiger partial charge on any atom is -0.484 e. The van der Waals surface area contributed by atoms with Crippen molar-refractivity contribution in [3.8, 4) is 5.75 Å². The lowest BCUT2D eigenvalue weighted by molar-refractivity contribution is -0.142. The number of unbranched alkanes of at least 4 members (excludes halogenated alkanes) is 1. The molecule has 0 bridgehead atoms. The van der Waals surface area contributed by atoms with Gasteiger partial charge in [-0.25, -0.2) is 0 Å². The summed E-state index contributed by atoms with van der Waals surface area (Å²) in [5, 5.41) is 3.54. The molecule has 0 fully saturated rings. The zero-order chi connectivity index (χ0) is 25.0. The summed E-state index contributed by atoms with van der Waals surface area (Å²) >= 11 is 9.51.